The zero-order chi connectivity index (χ0) is 27.6. The number of nitriles is 1. The maximum Gasteiger partial charge on any atom is 0.249 e. The van der Waals surface area contributed by atoms with Crippen molar-refractivity contribution in [2.45, 2.75) is 25.3 Å². The van der Waals surface area contributed by atoms with Crippen molar-refractivity contribution in [1.82, 2.24) is 14.5 Å². The van der Waals surface area contributed by atoms with Gasteiger partial charge in [-0.15, -0.1) is 0 Å². The largest absolute Gasteiger partial charge is 0.436 e. The molecule has 1 aliphatic rings. The van der Waals surface area contributed by atoms with E-state index in [0.29, 0.717) is 24.3 Å². The molecule has 1 saturated carbocycles. The number of fused-ring (bicyclic) bond motifs is 2. The van der Waals surface area contributed by atoms with Gasteiger partial charge >= 0.3 is 0 Å². The predicted octanol–water partition coefficient (Wildman–Crippen LogP) is 8.58. The SMILES string of the molecule is N#C/C=C/c1ccc(Nc2nc(Oc3ccc(C4CC4)c4ccccc34)c3c(ccn3Cc3ccccc3)n2)cc1. The van der Waals surface area contributed by atoms with Crippen molar-refractivity contribution >= 4 is 39.5 Å². The maximum absolute atomic E-state index is 8.80. The molecule has 2 aromatic heterocycles. The number of rotatable bonds is 8. The smallest absolute Gasteiger partial charge is 0.249 e. The first-order chi connectivity index (χ1) is 20.2. The average molecular weight is 534 g/mol. The van der Waals surface area contributed by atoms with Gasteiger partial charge in [0, 0.05) is 29.9 Å². The quantitative estimate of drug-likeness (QED) is 0.198. The Morgan fingerprint density at radius 1 is 0.878 bits per heavy atom. The third kappa shape index (κ3) is 5.13. The van der Waals surface area contributed by atoms with Crippen molar-refractivity contribution in [1.29, 1.82) is 5.26 Å². The number of aromatic nitrogens is 3. The number of hydrogen-bond donors (Lipinski definition) is 1. The molecule has 2 heterocycles. The van der Waals surface area contributed by atoms with E-state index < -0.39 is 0 Å². The van der Waals surface area contributed by atoms with Gasteiger partial charge in [0.2, 0.25) is 11.8 Å². The van der Waals surface area contributed by atoms with Crippen LogP contribution in [0.25, 0.3) is 27.9 Å². The van der Waals surface area contributed by atoms with Crippen molar-refractivity contribution in [2.75, 3.05) is 5.32 Å². The van der Waals surface area contributed by atoms with E-state index >= 15 is 0 Å². The van der Waals surface area contributed by atoms with Crippen molar-refractivity contribution in [3.05, 3.63) is 126 Å². The van der Waals surface area contributed by atoms with Gasteiger partial charge in [0.05, 0.1) is 11.6 Å². The molecular weight excluding hydrogens is 506 g/mol. The lowest BCUT2D eigenvalue weighted by molar-refractivity contribution is 0.471. The summed E-state index contributed by atoms with van der Waals surface area (Å²) >= 11 is 0. The molecule has 7 rings (SSSR count). The predicted molar refractivity (Wildman–Crippen MR) is 163 cm³/mol. The van der Waals surface area contributed by atoms with E-state index in [4.69, 9.17) is 20.0 Å². The fourth-order valence-corrected chi connectivity index (χ4v) is 5.29. The average Bonchev–Trinajstić information content (AvgIpc) is 3.78. The number of anilines is 2. The topological polar surface area (TPSA) is 75.8 Å². The molecule has 41 heavy (non-hydrogen) atoms. The molecule has 6 aromatic rings. The van der Waals surface area contributed by atoms with Crippen LogP contribution in [0.3, 0.4) is 0 Å². The van der Waals surface area contributed by atoms with E-state index in [9.17, 15) is 0 Å². The lowest BCUT2D eigenvalue weighted by Gasteiger charge is -2.15. The van der Waals surface area contributed by atoms with E-state index in [0.717, 1.165) is 33.4 Å². The second kappa shape index (κ2) is 10.6. The molecule has 198 valence electrons. The van der Waals surface area contributed by atoms with Crippen LogP contribution in [-0.4, -0.2) is 14.5 Å². The Morgan fingerprint density at radius 2 is 1.66 bits per heavy atom. The van der Waals surface area contributed by atoms with Crippen LogP contribution in [0.4, 0.5) is 11.6 Å². The Kier molecular flexibility index (Phi) is 6.38. The second-order valence-electron chi connectivity index (χ2n) is 10.3. The summed E-state index contributed by atoms with van der Waals surface area (Å²) < 4.78 is 8.83. The first-order valence-electron chi connectivity index (χ1n) is 13.8. The number of nitrogens with zero attached hydrogens (tertiary/aromatic N) is 4. The standard InChI is InChI=1S/C35H27N5O/c36-21-6-9-24-12-16-27(17-13-24)37-35-38-31-20-22-40(23-25-7-2-1-3-8-25)33(31)34(39-35)41-32-19-18-28(26-14-15-26)29-10-4-5-11-30(29)32/h1-13,16-20,22,26H,14-15,23H2,(H,37,38,39)/b9-6+. The molecule has 4 aromatic carbocycles. The Hall–Kier alpha value is -5.41. The molecule has 1 aliphatic carbocycles. The molecule has 0 atom stereocenters. The summed E-state index contributed by atoms with van der Waals surface area (Å²) in [5, 5.41) is 14.5. The van der Waals surface area contributed by atoms with E-state index in [2.05, 4.69) is 58.4 Å². The Balaban J connectivity index is 1.30. The van der Waals surface area contributed by atoms with Crippen LogP contribution < -0.4 is 10.1 Å². The first-order valence-corrected chi connectivity index (χ1v) is 13.8. The van der Waals surface area contributed by atoms with Gasteiger partial charge in [-0.25, -0.2) is 4.98 Å². The van der Waals surface area contributed by atoms with Gasteiger partial charge in [-0.3, -0.25) is 0 Å². The van der Waals surface area contributed by atoms with Crippen LogP contribution in [0.5, 0.6) is 11.6 Å². The van der Waals surface area contributed by atoms with Gasteiger partial charge in [-0.05, 0) is 71.2 Å². The van der Waals surface area contributed by atoms with Gasteiger partial charge in [-0.2, -0.15) is 10.2 Å². The molecule has 0 spiro atoms. The zero-order valence-corrected chi connectivity index (χ0v) is 22.4. The van der Waals surface area contributed by atoms with E-state index in [1.807, 2.05) is 60.8 Å². The lowest BCUT2D eigenvalue weighted by Crippen LogP contribution is -2.04. The van der Waals surface area contributed by atoms with Crippen molar-refractivity contribution in [3.63, 3.8) is 0 Å². The molecular formula is C35H27N5O. The molecule has 1 fully saturated rings. The summed E-state index contributed by atoms with van der Waals surface area (Å²) in [5.74, 6) is 2.36. The monoisotopic (exact) mass is 533 g/mol. The van der Waals surface area contributed by atoms with Gasteiger partial charge in [0.25, 0.3) is 0 Å². The highest BCUT2D eigenvalue weighted by molar-refractivity contribution is 5.92. The zero-order valence-electron chi connectivity index (χ0n) is 22.4. The van der Waals surface area contributed by atoms with E-state index in [-0.39, 0.29) is 0 Å². The first kappa shape index (κ1) is 24.6. The number of ether oxygens (including phenoxy) is 1. The third-order valence-corrected chi connectivity index (χ3v) is 7.43. The molecule has 6 nitrogen and oxygen atoms in total. The molecule has 0 bridgehead atoms. The van der Waals surface area contributed by atoms with E-state index in [1.54, 1.807) is 6.08 Å². The lowest BCUT2D eigenvalue weighted by atomic mass is 10.0. The Morgan fingerprint density at radius 3 is 2.44 bits per heavy atom. The van der Waals surface area contributed by atoms with Gasteiger partial charge in [-0.1, -0.05) is 72.8 Å². The molecule has 0 radical (unpaired) electrons. The fourth-order valence-electron chi connectivity index (χ4n) is 5.29. The number of benzene rings is 4. The second-order valence-corrected chi connectivity index (χ2v) is 10.3. The fraction of sp³-hybridized carbons (Fsp3) is 0.114. The summed E-state index contributed by atoms with van der Waals surface area (Å²) in [7, 11) is 0. The third-order valence-electron chi connectivity index (χ3n) is 7.43. The molecule has 0 unspecified atom stereocenters. The summed E-state index contributed by atoms with van der Waals surface area (Å²) in [6, 6.07) is 34.9. The number of nitrogens with one attached hydrogen (secondary N) is 1. The van der Waals surface area contributed by atoms with Crippen LogP contribution in [-0.2, 0) is 6.54 Å². The van der Waals surface area contributed by atoms with Crippen LogP contribution in [0.15, 0.2) is 109 Å². The minimum absolute atomic E-state index is 0.448. The Labute approximate surface area is 238 Å². The number of hydrogen-bond acceptors (Lipinski definition) is 5. The summed E-state index contributed by atoms with van der Waals surface area (Å²) in [6.45, 7) is 0.676. The Bertz CT molecular complexity index is 1930. The van der Waals surface area contributed by atoms with Crippen LogP contribution >= 0.6 is 0 Å². The minimum Gasteiger partial charge on any atom is -0.436 e. The molecule has 0 aliphatic heterocycles. The highest BCUT2D eigenvalue weighted by atomic mass is 16.5. The van der Waals surface area contributed by atoms with Crippen LogP contribution in [0, 0.1) is 11.3 Å². The highest BCUT2D eigenvalue weighted by Crippen LogP contribution is 2.45. The summed E-state index contributed by atoms with van der Waals surface area (Å²) in [6.07, 6.45) is 7.76. The molecule has 0 amide bonds. The summed E-state index contributed by atoms with van der Waals surface area (Å²) in [5.41, 5.74) is 5.99. The highest BCUT2D eigenvalue weighted by Gasteiger charge is 2.26. The van der Waals surface area contributed by atoms with Gasteiger partial charge < -0.3 is 14.6 Å². The molecule has 1 N–H and O–H groups in total. The maximum atomic E-state index is 8.80. The van der Waals surface area contributed by atoms with Crippen molar-refractivity contribution in [3.8, 4) is 17.7 Å². The van der Waals surface area contributed by atoms with Crippen LogP contribution in [0.2, 0.25) is 0 Å². The molecule has 0 saturated heterocycles. The van der Waals surface area contributed by atoms with Crippen molar-refractivity contribution < 1.29 is 4.74 Å². The minimum atomic E-state index is 0.448. The number of allylic oxidation sites excluding steroid dienone is 1. The van der Waals surface area contributed by atoms with E-state index in [1.165, 1.54) is 35.4 Å². The normalized spacial score (nSPS) is 13.0. The van der Waals surface area contributed by atoms with Gasteiger partial charge in [0.1, 0.15) is 11.3 Å². The van der Waals surface area contributed by atoms with Gasteiger partial charge in [0.15, 0.2) is 0 Å². The van der Waals surface area contributed by atoms with Crippen molar-refractivity contribution in [2.24, 2.45) is 0 Å². The van der Waals surface area contributed by atoms with Crippen LogP contribution in [0.1, 0.15) is 35.4 Å². The molecule has 6 heteroatoms. The summed E-state index contributed by atoms with van der Waals surface area (Å²) in [4.78, 5) is 9.73.